The Bertz CT molecular complexity index is 600. The van der Waals surface area contributed by atoms with Crippen LogP contribution in [0.15, 0.2) is 33.9 Å². The van der Waals surface area contributed by atoms with Gasteiger partial charge < -0.3 is 10.2 Å². The van der Waals surface area contributed by atoms with Crippen molar-refractivity contribution < 1.29 is 15.0 Å². The summed E-state index contributed by atoms with van der Waals surface area (Å²) in [6.45, 7) is 0.245. The summed E-state index contributed by atoms with van der Waals surface area (Å²) in [5, 5.41) is 26.3. The van der Waals surface area contributed by atoms with Gasteiger partial charge in [0.25, 0.3) is 0 Å². The maximum atomic E-state index is 10.6. The van der Waals surface area contributed by atoms with Gasteiger partial charge in [-0.15, -0.1) is 10.2 Å². The van der Waals surface area contributed by atoms with E-state index in [1.165, 1.54) is 0 Å². The molecule has 0 amide bonds. The lowest BCUT2D eigenvalue weighted by Gasteiger charge is -2.08. The van der Waals surface area contributed by atoms with Crippen LogP contribution in [0.1, 0.15) is 11.4 Å². The second-order valence-electron chi connectivity index (χ2n) is 3.95. The minimum absolute atomic E-state index is 0.0934. The van der Waals surface area contributed by atoms with E-state index in [0.717, 1.165) is 21.8 Å². The molecule has 0 aliphatic rings. The fourth-order valence-electron chi connectivity index (χ4n) is 1.60. The monoisotopic (exact) mass is 357 g/mol. The number of hydrogen-bond donors (Lipinski definition) is 2. The highest BCUT2D eigenvalue weighted by Crippen LogP contribution is 2.19. The normalized spacial score (nSPS) is 10.7. The first kappa shape index (κ1) is 15.0. The number of aliphatic carboxylic acids is 1. The number of carboxylic acid groups (broad SMARTS) is 1. The van der Waals surface area contributed by atoms with Crippen LogP contribution in [0.4, 0.5) is 0 Å². The van der Waals surface area contributed by atoms with Crippen LogP contribution in [-0.2, 0) is 17.9 Å². The summed E-state index contributed by atoms with van der Waals surface area (Å²) >= 11 is 4.45. The molecule has 0 aliphatic carbocycles. The largest absolute Gasteiger partial charge is 0.481 e. The molecule has 1 aromatic heterocycles. The third-order valence-corrected chi connectivity index (χ3v) is 3.99. The average molecular weight is 358 g/mol. The van der Waals surface area contributed by atoms with E-state index in [2.05, 4.69) is 26.1 Å². The van der Waals surface area contributed by atoms with Gasteiger partial charge in [0.15, 0.2) is 11.0 Å². The van der Waals surface area contributed by atoms with Crippen molar-refractivity contribution in [1.29, 1.82) is 0 Å². The van der Waals surface area contributed by atoms with Gasteiger partial charge >= 0.3 is 5.97 Å². The van der Waals surface area contributed by atoms with Gasteiger partial charge in [0.1, 0.15) is 6.61 Å². The van der Waals surface area contributed by atoms with E-state index >= 15 is 0 Å². The molecule has 0 atom stereocenters. The number of benzene rings is 1. The molecule has 0 spiro atoms. The first-order chi connectivity index (χ1) is 9.60. The zero-order valence-corrected chi connectivity index (χ0v) is 12.8. The Kier molecular flexibility index (Phi) is 5.16. The van der Waals surface area contributed by atoms with Crippen LogP contribution in [-0.4, -0.2) is 36.7 Å². The smallest absolute Gasteiger partial charge is 0.313 e. The van der Waals surface area contributed by atoms with Crippen molar-refractivity contribution in [3.8, 4) is 0 Å². The van der Waals surface area contributed by atoms with Gasteiger partial charge in [0, 0.05) is 4.47 Å². The molecule has 0 saturated carbocycles. The molecule has 20 heavy (non-hydrogen) atoms. The predicted molar refractivity (Wildman–Crippen MR) is 77.5 cm³/mol. The van der Waals surface area contributed by atoms with Gasteiger partial charge in [-0.25, -0.2) is 0 Å². The van der Waals surface area contributed by atoms with E-state index in [-0.39, 0.29) is 12.4 Å². The van der Waals surface area contributed by atoms with Gasteiger partial charge in [-0.05, 0) is 17.7 Å². The van der Waals surface area contributed by atoms with Crippen molar-refractivity contribution in [3.63, 3.8) is 0 Å². The van der Waals surface area contributed by atoms with Crippen molar-refractivity contribution in [2.75, 3.05) is 5.75 Å². The Morgan fingerprint density at radius 2 is 2.00 bits per heavy atom. The quantitative estimate of drug-likeness (QED) is 0.765. The van der Waals surface area contributed by atoms with Crippen LogP contribution >= 0.6 is 27.7 Å². The number of aliphatic hydroxyl groups excluding tert-OH is 1. The fourth-order valence-corrected chi connectivity index (χ4v) is 2.54. The summed E-state index contributed by atoms with van der Waals surface area (Å²) in [5.74, 6) is -0.594. The van der Waals surface area contributed by atoms with Crippen molar-refractivity contribution in [3.05, 3.63) is 40.1 Å². The fraction of sp³-hybridized carbons (Fsp3) is 0.250. The predicted octanol–water partition coefficient (Wildman–Crippen LogP) is 1.76. The molecule has 8 heteroatoms. The Balaban J connectivity index is 2.21. The minimum Gasteiger partial charge on any atom is -0.481 e. The molecule has 2 N–H and O–H groups in total. The number of hydrogen-bond acceptors (Lipinski definition) is 5. The summed E-state index contributed by atoms with van der Waals surface area (Å²) in [6.07, 6.45) is 0. The molecule has 0 saturated heterocycles. The molecule has 6 nitrogen and oxygen atoms in total. The lowest BCUT2D eigenvalue weighted by molar-refractivity contribution is -0.133. The van der Waals surface area contributed by atoms with E-state index in [4.69, 9.17) is 5.11 Å². The molecule has 1 heterocycles. The van der Waals surface area contributed by atoms with E-state index in [1.54, 1.807) is 4.57 Å². The molecule has 0 unspecified atom stereocenters. The van der Waals surface area contributed by atoms with Gasteiger partial charge in [-0.3, -0.25) is 9.36 Å². The second kappa shape index (κ2) is 6.87. The highest BCUT2D eigenvalue weighted by Gasteiger charge is 2.13. The Morgan fingerprint density at radius 3 is 2.60 bits per heavy atom. The van der Waals surface area contributed by atoms with E-state index < -0.39 is 5.97 Å². The number of carboxylic acids is 1. The van der Waals surface area contributed by atoms with Gasteiger partial charge in [-0.1, -0.05) is 39.8 Å². The van der Waals surface area contributed by atoms with Crippen LogP contribution < -0.4 is 0 Å². The molecular weight excluding hydrogens is 346 g/mol. The summed E-state index contributed by atoms with van der Waals surface area (Å²) in [6, 6.07) is 7.72. The van der Waals surface area contributed by atoms with Crippen LogP contribution in [0, 0.1) is 0 Å². The molecule has 0 radical (unpaired) electrons. The molecular formula is C12H12BrN3O3S. The lowest BCUT2D eigenvalue weighted by atomic mass is 10.2. The Morgan fingerprint density at radius 1 is 1.30 bits per heavy atom. The SMILES string of the molecule is O=C(O)CSc1nnc(CO)n1Cc1ccc(Br)cc1. The van der Waals surface area contributed by atoms with Gasteiger partial charge in [-0.2, -0.15) is 0 Å². The van der Waals surface area contributed by atoms with Crippen molar-refractivity contribution >= 4 is 33.7 Å². The summed E-state index contributed by atoms with van der Waals surface area (Å²) < 4.78 is 2.70. The minimum atomic E-state index is -0.918. The zero-order chi connectivity index (χ0) is 14.5. The van der Waals surface area contributed by atoms with Crippen molar-refractivity contribution in [1.82, 2.24) is 14.8 Å². The van der Waals surface area contributed by atoms with Crippen molar-refractivity contribution in [2.24, 2.45) is 0 Å². The number of aliphatic hydroxyl groups is 1. The summed E-state index contributed by atoms with van der Waals surface area (Å²) in [4.78, 5) is 10.6. The number of rotatable bonds is 6. The van der Waals surface area contributed by atoms with Gasteiger partial charge in [0.2, 0.25) is 0 Å². The highest BCUT2D eigenvalue weighted by molar-refractivity contribution is 9.10. The number of thioether (sulfide) groups is 1. The lowest BCUT2D eigenvalue weighted by Crippen LogP contribution is -2.08. The molecule has 2 rings (SSSR count). The van der Waals surface area contributed by atoms with E-state index in [9.17, 15) is 9.90 Å². The number of nitrogens with zero attached hydrogens (tertiary/aromatic N) is 3. The van der Waals surface area contributed by atoms with Crippen LogP contribution in [0.2, 0.25) is 0 Å². The summed E-state index contributed by atoms with van der Waals surface area (Å²) in [7, 11) is 0. The summed E-state index contributed by atoms with van der Waals surface area (Å²) in [5.41, 5.74) is 1.01. The molecule has 2 aromatic rings. The highest BCUT2D eigenvalue weighted by atomic mass is 79.9. The first-order valence-electron chi connectivity index (χ1n) is 5.72. The molecule has 0 fully saturated rings. The number of aromatic nitrogens is 3. The molecule has 1 aromatic carbocycles. The number of halogens is 1. The Labute approximate surface area is 128 Å². The van der Waals surface area contributed by atoms with E-state index in [0.29, 0.717) is 17.5 Å². The van der Waals surface area contributed by atoms with E-state index in [1.807, 2.05) is 24.3 Å². The zero-order valence-electron chi connectivity index (χ0n) is 10.4. The van der Waals surface area contributed by atoms with Crippen LogP contribution in [0.25, 0.3) is 0 Å². The third-order valence-electron chi connectivity index (χ3n) is 2.51. The average Bonchev–Trinajstić information content (AvgIpc) is 2.81. The van der Waals surface area contributed by atoms with Crippen LogP contribution in [0.3, 0.4) is 0 Å². The maximum absolute atomic E-state index is 10.6. The van der Waals surface area contributed by atoms with Crippen LogP contribution in [0.5, 0.6) is 0 Å². The second-order valence-corrected chi connectivity index (χ2v) is 5.81. The molecule has 0 aliphatic heterocycles. The topological polar surface area (TPSA) is 88.2 Å². The van der Waals surface area contributed by atoms with Gasteiger partial charge in [0.05, 0.1) is 12.3 Å². The first-order valence-corrected chi connectivity index (χ1v) is 7.50. The third kappa shape index (κ3) is 3.81. The Hall–Kier alpha value is -1.38. The molecule has 0 bridgehead atoms. The molecule has 106 valence electrons. The number of carbonyl (C=O) groups is 1. The maximum Gasteiger partial charge on any atom is 0.313 e. The van der Waals surface area contributed by atoms with Crippen molar-refractivity contribution in [2.45, 2.75) is 18.3 Å². The standard InChI is InChI=1S/C12H12BrN3O3S/c13-9-3-1-8(2-4-9)5-16-10(6-17)14-15-12(16)20-7-11(18)19/h1-4,17H,5-7H2,(H,18,19).